The summed E-state index contributed by atoms with van der Waals surface area (Å²) in [7, 11) is 0. The number of esters is 6. The van der Waals surface area contributed by atoms with Gasteiger partial charge in [0.15, 0.2) is 0 Å². The molecule has 0 spiro atoms. The van der Waals surface area contributed by atoms with Crippen molar-refractivity contribution in [1.82, 2.24) is 20.9 Å². The van der Waals surface area contributed by atoms with Crippen molar-refractivity contribution in [2.75, 3.05) is 19.7 Å². The molecule has 5 aliphatic heterocycles. The number of ether oxygens (including phenoxy) is 7. The standard InChI is InChI=1S/C87H131N7O17/c1-26-28-29-30-45-105-56(7)76-54(5)62-47-61-53(4)58(78(90-61)59-46-66(95)77-55(6)63(91-79(59)77)48-64-57(27-2)52(3)60(88-64)49-65(76)89-62)31-32-69(98)94(50-67(96)92-86(39-33-70(99)106-80(8,9)10,40-34-71(100)107-81(11,12)13)41-35-72(101)108-82(14,15)16)51-68(97)93-87(42-36-73(102)109-83(17,18)19,43-37-74(103)110-84(20,21)22)44-38-75(104)111-85(23,24)25/h47-49,53,56,58,90,95H,26-46,50-51H2,1-25H3,(H,92,96)(H,93,97)/t53-,56?,58-/m0/s1. The molecule has 6 aliphatic rings. The Bertz CT molecular complexity index is 3640. The van der Waals surface area contributed by atoms with Crippen molar-refractivity contribution in [2.24, 2.45) is 26.8 Å². The Balaban J connectivity index is 1.53. The van der Waals surface area contributed by atoms with Crippen molar-refractivity contribution in [3.05, 3.63) is 91.5 Å². The molecular weight excluding hydrogens is 1410 g/mol. The van der Waals surface area contributed by atoms with E-state index in [2.05, 4.69) is 43.6 Å². The van der Waals surface area contributed by atoms with Crippen molar-refractivity contribution in [1.29, 1.82) is 0 Å². The molecule has 24 heteroatoms. The number of nitrogens with one attached hydrogen (secondary N) is 3. The van der Waals surface area contributed by atoms with Crippen LogP contribution in [0.3, 0.4) is 0 Å². The van der Waals surface area contributed by atoms with E-state index >= 15 is 14.4 Å². The molecule has 24 nitrogen and oxygen atoms in total. The van der Waals surface area contributed by atoms with Crippen LogP contribution >= 0.6 is 0 Å². The number of aliphatic imine (C=N–C) groups is 3. The first-order valence-corrected chi connectivity index (χ1v) is 40.0. The zero-order valence-electron chi connectivity index (χ0n) is 71.5. The highest BCUT2D eigenvalue weighted by atomic mass is 16.6. The highest BCUT2D eigenvalue weighted by molar-refractivity contribution is 6.21. The molecule has 4 N–H and O–H groups in total. The second-order valence-electron chi connectivity index (χ2n) is 36.6. The summed E-state index contributed by atoms with van der Waals surface area (Å²) in [4.78, 5) is 147. The van der Waals surface area contributed by atoms with Crippen molar-refractivity contribution < 1.29 is 81.4 Å². The van der Waals surface area contributed by atoms with Crippen LogP contribution in [0.4, 0.5) is 0 Å². The van der Waals surface area contributed by atoms with Gasteiger partial charge in [0.25, 0.3) is 0 Å². The van der Waals surface area contributed by atoms with Crippen LogP contribution < -0.4 is 16.0 Å². The van der Waals surface area contributed by atoms with Crippen molar-refractivity contribution >= 4 is 70.7 Å². The van der Waals surface area contributed by atoms with Gasteiger partial charge in [-0.25, -0.2) is 15.0 Å². The Morgan fingerprint density at radius 1 is 0.532 bits per heavy atom. The number of rotatable bonds is 35. The SMILES string of the molecule is CCCCCCOC(C)C1=C(C)C2=NC1=CC1=NC(=CC3=C(C)C4=C(O)CC(=C5NC(=C2)[C@@H](C)[C@@H]5CCC(=O)N(CC(=O)NC(CCC(=O)OC(C)(C)C)(CCC(=O)OC(C)(C)C)CCC(=O)OC(C)(C)C)CC(=O)NC(CCC(=O)OC(C)(C)C)(CCC(=O)OC(C)(C)C)CCC(=O)OC(C)(C)C)C4=N3)C(CC)=C1C. The molecule has 1 unspecified atom stereocenters. The van der Waals surface area contributed by atoms with E-state index in [0.717, 1.165) is 86.8 Å². The summed E-state index contributed by atoms with van der Waals surface area (Å²) in [6.07, 6.45) is 7.81. The molecule has 6 rings (SSSR count). The highest BCUT2D eigenvalue weighted by Gasteiger charge is 2.44. The molecule has 0 aromatic carbocycles. The van der Waals surface area contributed by atoms with Crippen molar-refractivity contribution in [3.8, 4) is 0 Å². The topological polar surface area (TPSA) is 315 Å². The third-order valence-electron chi connectivity index (χ3n) is 19.7. The summed E-state index contributed by atoms with van der Waals surface area (Å²) in [5.41, 5.74) is 3.07. The predicted octanol–water partition coefficient (Wildman–Crippen LogP) is 15.7. The second-order valence-corrected chi connectivity index (χ2v) is 36.6. The van der Waals surface area contributed by atoms with Crippen LogP contribution in [0.25, 0.3) is 0 Å². The predicted molar refractivity (Wildman–Crippen MR) is 430 cm³/mol. The fourth-order valence-corrected chi connectivity index (χ4v) is 14.7. The van der Waals surface area contributed by atoms with Gasteiger partial charge in [0.1, 0.15) is 52.5 Å². The zero-order chi connectivity index (χ0) is 83.3. The number of hydrogen-bond acceptors (Lipinski definition) is 21. The molecular formula is C87H131N7O17. The van der Waals surface area contributed by atoms with Gasteiger partial charge in [0.05, 0.1) is 40.3 Å². The van der Waals surface area contributed by atoms with E-state index in [1.54, 1.807) is 125 Å². The van der Waals surface area contributed by atoms with Gasteiger partial charge in [-0.2, -0.15) is 0 Å². The lowest BCUT2D eigenvalue weighted by Gasteiger charge is -2.37. The Morgan fingerprint density at radius 3 is 1.33 bits per heavy atom. The number of fused-ring (bicyclic) bond motifs is 5. The van der Waals surface area contributed by atoms with E-state index in [1.807, 2.05) is 39.0 Å². The molecule has 1 aliphatic carbocycles. The highest BCUT2D eigenvalue weighted by Crippen LogP contribution is 2.47. The maximum absolute atomic E-state index is 16.0. The second kappa shape index (κ2) is 37.6. The third-order valence-corrected chi connectivity index (χ3v) is 19.7. The lowest BCUT2D eigenvalue weighted by atomic mass is 9.83. The van der Waals surface area contributed by atoms with Gasteiger partial charge in [-0.3, -0.25) is 43.2 Å². The first-order chi connectivity index (χ1) is 51.2. The number of aliphatic hydroxyl groups excluding tert-OH is 1. The van der Waals surface area contributed by atoms with E-state index in [-0.39, 0.29) is 114 Å². The number of aliphatic hydroxyl groups is 1. The molecule has 616 valence electrons. The largest absolute Gasteiger partial charge is 0.511 e. The van der Waals surface area contributed by atoms with Crippen LogP contribution in [0.5, 0.6) is 0 Å². The number of carbonyl (C=O) groups is 9. The van der Waals surface area contributed by atoms with Crippen LogP contribution in [0.2, 0.25) is 0 Å². The monoisotopic (exact) mass is 1550 g/mol. The van der Waals surface area contributed by atoms with E-state index < -0.39 is 117 Å². The maximum atomic E-state index is 16.0. The normalized spacial score (nSPS) is 17.8. The van der Waals surface area contributed by atoms with E-state index in [1.165, 1.54) is 0 Å². The van der Waals surface area contributed by atoms with Gasteiger partial charge < -0.3 is 59.1 Å². The molecule has 111 heavy (non-hydrogen) atoms. The van der Waals surface area contributed by atoms with Crippen LogP contribution in [-0.4, -0.2) is 151 Å². The number of allylic oxidation sites excluding steroid dienone is 11. The molecule has 3 amide bonds. The minimum atomic E-state index is -1.56. The third kappa shape index (κ3) is 28.1. The molecule has 0 aromatic heterocycles. The lowest BCUT2D eigenvalue weighted by Crippen LogP contribution is -2.56. The molecule has 0 saturated carbocycles. The average Bonchev–Trinajstić information content (AvgIpc) is 1.58. The summed E-state index contributed by atoms with van der Waals surface area (Å²) < 4.78 is 41.2. The first-order valence-electron chi connectivity index (χ1n) is 40.0. The van der Waals surface area contributed by atoms with Crippen LogP contribution in [0.1, 0.15) is 302 Å². The number of unbranched alkanes of at least 4 members (excludes halogenated alkanes) is 3. The number of nitrogens with zero attached hydrogens (tertiary/aromatic N) is 4. The van der Waals surface area contributed by atoms with Crippen LogP contribution in [0.15, 0.2) is 106 Å². The number of carbonyl (C=O) groups excluding carboxylic acids is 9. The summed E-state index contributed by atoms with van der Waals surface area (Å²) in [6, 6.07) is 0. The van der Waals surface area contributed by atoms with E-state index in [4.69, 9.17) is 48.1 Å². The molecule has 0 radical (unpaired) electrons. The molecule has 8 bridgehead atoms. The summed E-state index contributed by atoms with van der Waals surface area (Å²) >= 11 is 0. The average molecular weight is 1550 g/mol. The number of amides is 3. The van der Waals surface area contributed by atoms with Crippen molar-refractivity contribution in [2.45, 2.75) is 352 Å². The fraction of sp³-hybridized carbons (Fsp3) is 0.678. The minimum Gasteiger partial charge on any atom is -0.511 e. The van der Waals surface area contributed by atoms with Crippen molar-refractivity contribution in [3.63, 3.8) is 0 Å². The van der Waals surface area contributed by atoms with Crippen LogP contribution in [-0.2, 0) is 76.3 Å². The molecule has 0 aromatic rings. The quantitative estimate of drug-likeness (QED) is 0.0260. The molecule has 1 saturated heterocycles. The Kier molecular flexibility index (Phi) is 31.0. The first kappa shape index (κ1) is 91.6. The number of hydrogen-bond donors (Lipinski definition) is 4. The summed E-state index contributed by atoms with van der Waals surface area (Å²) in [6.45, 7) is 44.2. The summed E-state index contributed by atoms with van der Waals surface area (Å²) in [5.74, 6) is -6.83. The Morgan fingerprint density at radius 2 is 0.937 bits per heavy atom. The molecule has 1 fully saturated rings. The van der Waals surface area contributed by atoms with Crippen LogP contribution in [0, 0.1) is 11.8 Å². The Hall–Kier alpha value is -8.28. The lowest BCUT2D eigenvalue weighted by molar-refractivity contribution is -0.158. The molecule has 3 atom stereocenters. The van der Waals surface area contributed by atoms with E-state index in [0.29, 0.717) is 41.4 Å². The maximum Gasteiger partial charge on any atom is 0.306 e. The Labute approximate surface area is 660 Å². The summed E-state index contributed by atoms with van der Waals surface area (Å²) in [5, 5.41) is 22.0. The van der Waals surface area contributed by atoms with Gasteiger partial charge in [0.2, 0.25) is 17.7 Å². The van der Waals surface area contributed by atoms with Gasteiger partial charge in [-0.15, -0.1) is 0 Å². The molecule has 5 heterocycles. The minimum absolute atomic E-state index is 0.106. The smallest absolute Gasteiger partial charge is 0.306 e. The van der Waals surface area contributed by atoms with Gasteiger partial charge in [-0.1, -0.05) is 40.0 Å². The van der Waals surface area contributed by atoms with E-state index in [9.17, 15) is 33.9 Å². The van der Waals surface area contributed by atoms with Gasteiger partial charge >= 0.3 is 35.8 Å². The van der Waals surface area contributed by atoms with Gasteiger partial charge in [-0.05, 0) is 251 Å². The fourth-order valence-electron chi connectivity index (χ4n) is 14.7. The van der Waals surface area contributed by atoms with Gasteiger partial charge in [0, 0.05) is 109 Å². The zero-order valence-corrected chi connectivity index (χ0v) is 71.5.